The number of sulfonamides is 1. The van der Waals surface area contributed by atoms with Gasteiger partial charge in [0.1, 0.15) is 11.6 Å². The Morgan fingerprint density at radius 3 is 2.40 bits per heavy atom. The van der Waals surface area contributed by atoms with E-state index in [1.807, 2.05) is 0 Å². The second kappa shape index (κ2) is 5.68. The number of aryl methyl sites for hydroxylation is 1. The fourth-order valence-corrected chi connectivity index (χ4v) is 2.66. The van der Waals surface area contributed by atoms with Crippen molar-refractivity contribution < 1.29 is 17.2 Å². The van der Waals surface area contributed by atoms with Gasteiger partial charge in [0.2, 0.25) is 10.0 Å². The third kappa shape index (κ3) is 3.20. The lowest BCUT2D eigenvalue weighted by Gasteiger charge is -2.08. The first-order valence-electron chi connectivity index (χ1n) is 5.89. The van der Waals surface area contributed by atoms with E-state index in [4.69, 9.17) is 0 Å². The average molecular weight is 297 g/mol. The standard InChI is InChI=1S/C14H13F2NO2S/c1-10-6-7-12(8-14(10)16)20(18,19)17-9-11-4-2-3-5-13(11)15/h2-8,17H,9H2,1H3. The molecular formula is C14H13F2NO2S. The van der Waals surface area contributed by atoms with Crippen LogP contribution < -0.4 is 4.72 Å². The fourth-order valence-electron chi connectivity index (χ4n) is 1.64. The Labute approximate surface area is 116 Å². The summed E-state index contributed by atoms with van der Waals surface area (Å²) in [5.74, 6) is -1.09. The molecule has 3 nitrogen and oxygen atoms in total. The molecule has 0 spiro atoms. The summed E-state index contributed by atoms with van der Waals surface area (Å²) in [5.41, 5.74) is 0.585. The van der Waals surface area contributed by atoms with E-state index in [1.54, 1.807) is 13.0 Å². The summed E-state index contributed by atoms with van der Waals surface area (Å²) in [6.07, 6.45) is 0. The normalized spacial score (nSPS) is 11.6. The van der Waals surface area contributed by atoms with E-state index in [9.17, 15) is 17.2 Å². The molecule has 2 aromatic carbocycles. The molecule has 2 rings (SSSR count). The van der Waals surface area contributed by atoms with Gasteiger partial charge in [0.25, 0.3) is 0 Å². The second-order valence-corrected chi connectivity index (χ2v) is 6.09. The van der Waals surface area contributed by atoms with Gasteiger partial charge in [0, 0.05) is 12.1 Å². The first-order chi connectivity index (χ1) is 9.40. The topological polar surface area (TPSA) is 46.2 Å². The number of hydrogen-bond acceptors (Lipinski definition) is 2. The third-order valence-electron chi connectivity index (χ3n) is 2.86. The van der Waals surface area contributed by atoms with Crippen molar-refractivity contribution in [1.29, 1.82) is 0 Å². The number of rotatable bonds is 4. The van der Waals surface area contributed by atoms with Gasteiger partial charge in [-0.05, 0) is 30.7 Å². The monoisotopic (exact) mass is 297 g/mol. The van der Waals surface area contributed by atoms with Crippen LogP contribution in [0.2, 0.25) is 0 Å². The predicted molar refractivity (Wildman–Crippen MR) is 71.6 cm³/mol. The minimum atomic E-state index is -3.87. The summed E-state index contributed by atoms with van der Waals surface area (Å²) < 4.78 is 53.0. The molecule has 20 heavy (non-hydrogen) atoms. The molecule has 0 heterocycles. The maximum Gasteiger partial charge on any atom is 0.240 e. The van der Waals surface area contributed by atoms with Gasteiger partial charge in [-0.1, -0.05) is 24.3 Å². The van der Waals surface area contributed by atoms with Gasteiger partial charge in [-0.2, -0.15) is 0 Å². The first-order valence-corrected chi connectivity index (χ1v) is 7.38. The van der Waals surface area contributed by atoms with Crippen molar-refractivity contribution in [2.75, 3.05) is 0 Å². The Kier molecular flexibility index (Phi) is 4.15. The van der Waals surface area contributed by atoms with E-state index in [0.717, 1.165) is 6.07 Å². The summed E-state index contributed by atoms with van der Waals surface area (Å²) in [7, 11) is -3.87. The molecule has 0 saturated carbocycles. The smallest absolute Gasteiger partial charge is 0.207 e. The Morgan fingerprint density at radius 1 is 1.05 bits per heavy atom. The zero-order valence-corrected chi connectivity index (χ0v) is 11.5. The molecule has 0 aliphatic rings. The van der Waals surface area contributed by atoms with E-state index >= 15 is 0 Å². The number of halogens is 2. The molecule has 0 aromatic heterocycles. The maximum absolute atomic E-state index is 13.4. The molecule has 2 aromatic rings. The molecule has 0 aliphatic carbocycles. The summed E-state index contributed by atoms with van der Waals surface area (Å²) in [6, 6.07) is 9.48. The molecule has 0 aliphatic heterocycles. The quantitative estimate of drug-likeness (QED) is 0.943. The number of hydrogen-bond donors (Lipinski definition) is 1. The van der Waals surface area contributed by atoms with Crippen LogP contribution in [0.5, 0.6) is 0 Å². The molecule has 1 N–H and O–H groups in total. The average Bonchev–Trinajstić information content (AvgIpc) is 2.41. The zero-order chi connectivity index (χ0) is 14.8. The lowest BCUT2D eigenvalue weighted by Crippen LogP contribution is -2.23. The Hall–Kier alpha value is -1.79. The van der Waals surface area contributed by atoms with Crippen LogP contribution in [0.1, 0.15) is 11.1 Å². The second-order valence-electron chi connectivity index (χ2n) is 4.33. The minimum absolute atomic E-state index is 0.183. The molecule has 0 saturated heterocycles. The van der Waals surface area contributed by atoms with Gasteiger partial charge in [-0.3, -0.25) is 0 Å². The minimum Gasteiger partial charge on any atom is -0.207 e. The SMILES string of the molecule is Cc1ccc(S(=O)(=O)NCc2ccccc2F)cc1F. The van der Waals surface area contributed by atoms with Crippen molar-refractivity contribution in [2.45, 2.75) is 18.4 Å². The van der Waals surface area contributed by atoms with E-state index in [1.165, 1.54) is 30.3 Å². The Balaban J connectivity index is 2.19. The van der Waals surface area contributed by atoms with Crippen molar-refractivity contribution >= 4 is 10.0 Å². The fraction of sp³-hybridized carbons (Fsp3) is 0.143. The van der Waals surface area contributed by atoms with Gasteiger partial charge in [0.05, 0.1) is 4.90 Å². The third-order valence-corrected chi connectivity index (χ3v) is 4.26. The number of nitrogens with one attached hydrogen (secondary N) is 1. The highest BCUT2D eigenvalue weighted by molar-refractivity contribution is 7.89. The van der Waals surface area contributed by atoms with Crippen LogP contribution in [0.3, 0.4) is 0 Å². The highest BCUT2D eigenvalue weighted by Gasteiger charge is 2.16. The molecule has 0 amide bonds. The molecule has 0 bridgehead atoms. The van der Waals surface area contributed by atoms with Gasteiger partial charge >= 0.3 is 0 Å². The Morgan fingerprint density at radius 2 is 1.75 bits per heavy atom. The van der Waals surface area contributed by atoms with E-state index in [0.29, 0.717) is 5.56 Å². The van der Waals surface area contributed by atoms with Crippen molar-refractivity contribution in [3.05, 3.63) is 65.2 Å². The van der Waals surface area contributed by atoms with Crippen molar-refractivity contribution in [2.24, 2.45) is 0 Å². The highest BCUT2D eigenvalue weighted by atomic mass is 32.2. The summed E-state index contributed by atoms with van der Waals surface area (Å²) in [5, 5.41) is 0. The Bertz CT molecular complexity index is 730. The first kappa shape index (κ1) is 14.6. The molecule has 106 valence electrons. The highest BCUT2D eigenvalue weighted by Crippen LogP contribution is 2.15. The molecular weight excluding hydrogens is 284 g/mol. The van der Waals surface area contributed by atoms with Gasteiger partial charge in [0.15, 0.2) is 0 Å². The van der Waals surface area contributed by atoms with Gasteiger partial charge in [-0.25, -0.2) is 21.9 Å². The van der Waals surface area contributed by atoms with Crippen LogP contribution >= 0.6 is 0 Å². The largest absolute Gasteiger partial charge is 0.240 e. The van der Waals surface area contributed by atoms with Crippen molar-refractivity contribution in [3.8, 4) is 0 Å². The molecule has 0 atom stereocenters. The molecule has 0 radical (unpaired) electrons. The summed E-state index contributed by atoms with van der Waals surface area (Å²) in [4.78, 5) is -0.183. The molecule has 6 heteroatoms. The van der Waals surface area contributed by atoms with Crippen molar-refractivity contribution in [1.82, 2.24) is 4.72 Å². The van der Waals surface area contributed by atoms with Crippen LogP contribution in [0.25, 0.3) is 0 Å². The van der Waals surface area contributed by atoms with Crippen LogP contribution in [0, 0.1) is 18.6 Å². The van der Waals surface area contributed by atoms with Crippen LogP contribution in [-0.2, 0) is 16.6 Å². The van der Waals surface area contributed by atoms with Crippen molar-refractivity contribution in [3.63, 3.8) is 0 Å². The lowest BCUT2D eigenvalue weighted by molar-refractivity contribution is 0.570. The van der Waals surface area contributed by atoms with Crippen LogP contribution in [0.15, 0.2) is 47.4 Å². The molecule has 0 fully saturated rings. The summed E-state index contributed by atoms with van der Waals surface area (Å²) in [6.45, 7) is 1.35. The molecule has 0 unspecified atom stereocenters. The summed E-state index contributed by atoms with van der Waals surface area (Å²) >= 11 is 0. The predicted octanol–water partition coefficient (Wildman–Crippen LogP) is 2.75. The van der Waals surface area contributed by atoms with E-state index in [2.05, 4.69) is 4.72 Å². The van der Waals surface area contributed by atoms with Crippen LogP contribution in [-0.4, -0.2) is 8.42 Å². The lowest BCUT2D eigenvalue weighted by atomic mass is 10.2. The van der Waals surface area contributed by atoms with Gasteiger partial charge in [-0.15, -0.1) is 0 Å². The van der Waals surface area contributed by atoms with E-state index < -0.39 is 21.7 Å². The van der Waals surface area contributed by atoms with E-state index in [-0.39, 0.29) is 17.0 Å². The maximum atomic E-state index is 13.4. The van der Waals surface area contributed by atoms with Crippen LogP contribution in [0.4, 0.5) is 8.78 Å². The zero-order valence-electron chi connectivity index (χ0n) is 10.7. The van der Waals surface area contributed by atoms with Gasteiger partial charge < -0.3 is 0 Å². The number of benzene rings is 2.